The van der Waals surface area contributed by atoms with Crippen LogP contribution in [0, 0.1) is 11.6 Å². The zero-order chi connectivity index (χ0) is 42.2. The third-order valence-corrected chi connectivity index (χ3v) is 11.2. The van der Waals surface area contributed by atoms with Gasteiger partial charge in [0.05, 0.1) is 46.6 Å². The van der Waals surface area contributed by atoms with Crippen molar-refractivity contribution in [3.05, 3.63) is 100 Å². The van der Waals surface area contributed by atoms with Gasteiger partial charge in [-0.2, -0.15) is 0 Å². The monoisotopic (exact) mass is 821 g/mol. The van der Waals surface area contributed by atoms with Crippen LogP contribution in [0.3, 0.4) is 0 Å². The fraction of sp³-hybridized carbons (Fsp3) is 0.386. The summed E-state index contributed by atoms with van der Waals surface area (Å²) in [6.45, 7) is 1.68. The number of hydrogen-bond donors (Lipinski definition) is 4. The second-order valence-corrected chi connectivity index (χ2v) is 15.2. The van der Waals surface area contributed by atoms with Crippen LogP contribution in [0.2, 0.25) is 0 Å². The molecule has 4 heterocycles. The second-order valence-electron chi connectivity index (χ2n) is 15.2. The number of amides is 3. The van der Waals surface area contributed by atoms with E-state index in [0.717, 1.165) is 31.2 Å². The van der Waals surface area contributed by atoms with Crippen molar-refractivity contribution in [2.45, 2.75) is 83.0 Å². The SMILES string of the molecule is NC=C(C=NC1CCN(C(=O)CCCCCCn2c(=O)n(C3CCC(=O)NC3=O)c3ccccc32)CC1)c1cnc2cccc(-c3cc(F)c(CNCCO)c(F)c3)c2n1. The zero-order valence-corrected chi connectivity index (χ0v) is 33.3. The van der Waals surface area contributed by atoms with Gasteiger partial charge in [0.2, 0.25) is 17.7 Å². The van der Waals surface area contributed by atoms with E-state index in [0.29, 0.717) is 77.8 Å². The van der Waals surface area contributed by atoms with E-state index in [-0.39, 0.29) is 61.6 Å². The molecule has 0 spiro atoms. The van der Waals surface area contributed by atoms with Gasteiger partial charge < -0.3 is 21.1 Å². The maximum absolute atomic E-state index is 15.0. The number of aryl methyl sites for hydroxylation is 1. The number of allylic oxidation sites excluding steroid dienone is 1. The van der Waals surface area contributed by atoms with Gasteiger partial charge in [-0.3, -0.25) is 38.8 Å². The van der Waals surface area contributed by atoms with E-state index < -0.39 is 23.6 Å². The molecule has 2 aliphatic heterocycles. The molecular weight excluding hydrogens is 773 g/mol. The van der Waals surface area contributed by atoms with Crippen molar-refractivity contribution in [1.82, 2.24) is 34.6 Å². The molecular formula is C44H49F2N9O5. The van der Waals surface area contributed by atoms with Crippen molar-refractivity contribution in [3.8, 4) is 11.1 Å². The molecule has 16 heteroatoms. The lowest BCUT2D eigenvalue weighted by molar-refractivity contribution is -0.136. The van der Waals surface area contributed by atoms with Gasteiger partial charge in [-0.25, -0.2) is 18.6 Å². The van der Waals surface area contributed by atoms with E-state index in [4.69, 9.17) is 20.8 Å². The summed E-state index contributed by atoms with van der Waals surface area (Å²) in [5.74, 6) is -2.09. The van der Waals surface area contributed by atoms with Gasteiger partial charge in [0, 0.05) is 74.7 Å². The van der Waals surface area contributed by atoms with Crippen molar-refractivity contribution in [3.63, 3.8) is 0 Å². The summed E-state index contributed by atoms with van der Waals surface area (Å²) >= 11 is 0. The maximum Gasteiger partial charge on any atom is 0.329 e. The number of hydrogen-bond acceptors (Lipinski definition) is 10. The summed E-state index contributed by atoms with van der Waals surface area (Å²) in [6.07, 6.45) is 10.1. The van der Waals surface area contributed by atoms with Crippen LogP contribution >= 0.6 is 0 Å². The minimum Gasteiger partial charge on any atom is -0.404 e. The van der Waals surface area contributed by atoms with E-state index in [2.05, 4.69) is 15.6 Å². The average molecular weight is 822 g/mol. The van der Waals surface area contributed by atoms with Crippen LogP contribution in [0.4, 0.5) is 8.78 Å². The lowest BCUT2D eigenvalue weighted by atomic mass is 10.0. The summed E-state index contributed by atoms with van der Waals surface area (Å²) in [5, 5.41) is 14.1. The van der Waals surface area contributed by atoms with Gasteiger partial charge in [0.1, 0.15) is 17.7 Å². The minimum atomic E-state index is -0.725. The van der Waals surface area contributed by atoms with Crippen molar-refractivity contribution in [2.24, 2.45) is 10.7 Å². The lowest BCUT2D eigenvalue weighted by Crippen LogP contribution is -2.44. The predicted molar refractivity (Wildman–Crippen MR) is 225 cm³/mol. The minimum absolute atomic E-state index is 0.0198. The molecule has 2 fully saturated rings. The number of nitrogens with one attached hydrogen (secondary N) is 2. The number of aliphatic hydroxyl groups is 1. The van der Waals surface area contributed by atoms with Crippen molar-refractivity contribution >= 4 is 51.6 Å². The quantitative estimate of drug-likeness (QED) is 0.0618. The molecule has 2 saturated heterocycles. The van der Waals surface area contributed by atoms with Crippen LogP contribution in [0.15, 0.2) is 76.8 Å². The molecule has 3 aromatic carbocycles. The molecule has 0 saturated carbocycles. The number of halogens is 2. The average Bonchev–Trinajstić information content (AvgIpc) is 3.53. The molecule has 0 aliphatic carbocycles. The molecule has 5 N–H and O–H groups in total. The van der Waals surface area contributed by atoms with Gasteiger partial charge in [-0.05, 0) is 68.0 Å². The molecule has 314 valence electrons. The Labute approximate surface area is 345 Å². The topological polar surface area (TPSA) is 190 Å². The number of imide groups is 1. The third-order valence-electron chi connectivity index (χ3n) is 11.2. The third kappa shape index (κ3) is 9.34. The number of aliphatic imine (C=N–C) groups is 1. The number of carbonyl (C=O) groups excluding carboxylic acids is 3. The Bertz CT molecular complexity index is 2480. The Kier molecular flexibility index (Phi) is 13.5. The van der Waals surface area contributed by atoms with Crippen LogP contribution in [-0.2, 0) is 27.5 Å². The highest BCUT2D eigenvalue weighted by molar-refractivity contribution is 6.09. The summed E-state index contributed by atoms with van der Waals surface area (Å²) in [4.78, 5) is 66.8. The highest BCUT2D eigenvalue weighted by Crippen LogP contribution is 2.30. The highest BCUT2D eigenvalue weighted by atomic mass is 19.1. The number of unbranched alkanes of at least 4 members (excludes halogenated alkanes) is 3. The van der Waals surface area contributed by atoms with Crippen LogP contribution in [0.5, 0.6) is 0 Å². The van der Waals surface area contributed by atoms with Crippen molar-refractivity contribution in [2.75, 3.05) is 26.2 Å². The Balaban J connectivity index is 0.887. The number of nitrogens with two attached hydrogens (primary N) is 1. The molecule has 3 amide bonds. The van der Waals surface area contributed by atoms with Crippen LogP contribution in [0.1, 0.15) is 75.1 Å². The molecule has 1 atom stereocenters. The largest absolute Gasteiger partial charge is 0.404 e. The Morgan fingerprint density at radius 2 is 1.73 bits per heavy atom. The molecule has 2 aliphatic rings. The first-order valence-corrected chi connectivity index (χ1v) is 20.5. The number of piperidine rings is 2. The number of aliphatic hydroxyl groups excluding tert-OH is 1. The number of nitrogens with zero attached hydrogens (tertiary/aromatic N) is 6. The van der Waals surface area contributed by atoms with Crippen LogP contribution < -0.4 is 22.1 Å². The summed E-state index contributed by atoms with van der Waals surface area (Å²) in [6, 6.07) is 14.4. The van der Waals surface area contributed by atoms with Gasteiger partial charge in [0.25, 0.3) is 0 Å². The van der Waals surface area contributed by atoms with Gasteiger partial charge in [-0.15, -0.1) is 0 Å². The Hall–Kier alpha value is -6.13. The number of imidazole rings is 1. The molecule has 1 unspecified atom stereocenters. The van der Waals surface area contributed by atoms with Gasteiger partial charge >= 0.3 is 5.69 Å². The first kappa shape index (κ1) is 42.0. The fourth-order valence-corrected chi connectivity index (χ4v) is 8.01. The summed E-state index contributed by atoms with van der Waals surface area (Å²) < 4.78 is 33.2. The molecule has 0 bridgehead atoms. The van der Waals surface area contributed by atoms with Crippen molar-refractivity contribution < 1.29 is 28.3 Å². The standard InChI is InChI=1S/C44H49F2N9O5/c45-33-22-28(23-34(46)32(33)26-48-17-21-56)31-8-7-9-35-42(31)51-36(27-50-35)29(24-47)25-49-30-15-19-53(20-16-30)41(58)12-3-1-2-6-18-54-37-10-4-5-11-38(37)55(44(54)60)39-13-14-40(57)52-43(39)59/h4-5,7-11,22-25,27,30,39,48,56H,1-3,6,12-21,26,47H2,(H,52,57,59). The molecule has 2 aromatic heterocycles. The van der Waals surface area contributed by atoms with E-state index in [1.165, 1.54) is 22.9 Å². The number of likely N-dealkylation sites (tertiary alicyclic amines) is 1. The second kappa shape index (κ2) is 19.3. The lowest BCUT2D eigenvalue weighted by Gasteiger charge is -2.30. The summed E-state index contributed by atoms with van der Waals surface area (Å²) in [7, 11) is 0. The molecule has 14 nitrogen and oxygen atoms in total. The normalized spacial score (nSPS) is 16.7. The van der Waals surface area contributed by atoms with Gasteiger partial charge in [0.15, 0.2) is 0 Å². The number of para-hydroxylation sites is 3. The van der Waals surface area contributed by atoms with Crippen LogP contribution in [-0.4, -0.2) is 85.3 Å². The van der Waals surface area contributed by atoms with E-state index >= 15 is 8.78 Å². The number of aromatic nitrogens is 4. The molecule has 0 radical (unpaired) electrons. The van der Waals surface area contributed by atoms with Gasteiger partial charge in [-0.1, -0.05) is 37.1 Å². The van der Waals surface area contributed by atoms with E-state index in [1.807, 2.05) is 29.2 Å². The smallest absolute Gasteiger partial charge is 0.329 e. The molecule has 5 aromatic rings. The Morgan fingerprint density at radius 1 is 0.983 bits per heavy atom. The summed E-state index contributed by atoms with van der Waals surface area (Å²) in [5.41, 5.74) is 9.85. The van der Waals surface area contributed by atoms with Crippen LogP contribution in [0.25, 0.3) is 38.8 Å². The predicted octanol–water partition coefficient (Wildman–Crippen LogP) is 4.76. The first-order chi connectivity index (χ1) is 29.2. The number of rotatable bonds is 16. The Morgan fingerprint density at radius 3 is 2.47 bits per heavy atom. The number of fused-ring (bicyclic) bond motifs is 2. The van der Waals surface area contributed by atoms with E-state index in [9.17, 15) is 19.2 Å². The molecule has 7 rings (SSSR count). The van der Waals surface area contributed by atoms with Crippen molar-refractivity contribution in [1.29, 1.82) is 0 Å². The fourth-order valence-electron chi connectivity index (χ4n) is 8.01. The zero-order valence-electron chi connectivity index (χ0n) is 33.3. The number of carbonyl (C=O) groups is 3. The highest BCUT2D eigenvalue weighted by Gasteiger charge is 2.31. The first-order valence-electron chi connectivity index (χ1n) is 20.5. The van der Waals surface area contributed by atoms with E-state index in [1.54, 1.807) is 35.2 Å². The number of benzene rings is 3. The molecule has 60 heavy (non-hydrogen) atoms. The maximum atomic E-state index is 15.0.